The number of benzene rings is 3. The van der Waals surface area contributed by atoms with Gasteiger partial charge in [-0.2, -0.15) is 4.31 Å². The lowest BCUT2D eigenvalue weighted by Crippen LogP contribution is -2.57. The van der Waals surface area contributed by atoms with Gasteiger partial charge >= 0.3 is 6.03 Å². The normalized spacial score (nSPS) is 16.3. The summed E-state index contributed by atoms with van der Waals surface area (Å²) < 4.78 is 39.7. The minimum Gasteiger partial charge on any atom is -0.508 e. The summed E-state index contributed by atoms with van der Waals surface area (Å²) in [6.07, 6.45) is -1.24. The molecule has 0 bridgehead atoms. The third-order valence-corrected chi connectivity index (χ3v) is 11.2. The van der Waals surface area contributed by atoms with Crippen LogP contribution in [0.5, 0.6) is 17.2 Å². The zero-order valence-electron chi connectivity index (χ0n) is 29.8. The van der Waals surface area contributed by atoms with Crippen LogP contribution in [0.25, 0.3) is 0 Å². The van der Waals surface area contributed by atoms with Crippen LogP contribution in [0, 0.1) is 18.8 Å². The molecule has 13 nitrogen and oxygen atoms in total. The van der Waals surface area contributed by atoms with E-state index >= 15 is 0 Å². The summed E-state index contributed by atoms with van der Waals surface area (Å²) in [7, 11) is -4.13. The molecule has 280 valence electrons. The Balaban J connectivity index is 1.39. The number of hydrogen-bond acceptors (Lipinski definition) is 9. The number of halogens is 1. The molecule has 2 aliphatic heterocycles. The number of carbonyl (C=O) groups excluding carboxylic acids is 3. The second-order valence-electron chi connectivity index (χ2n) is 13.9. The van der Waals surface area contributed by atoms with Crippen LogP contribution in [0.2, 0.25) is 5.02 Å². The third kappa shape index (κ3) is 8.63. The number of rotatable bonds is 15. The maximum atomic E-state index is 14.2. The number of urea groups is 1. The van der Waals surface area contributed by atoms with Gasteiger partial charge in [-0.05, 0) is 66.1 Å². The zero-order valence-corrected chi connectivity index (χ0v) is 31.4. The minimum absolute atomic E-state index is 0.0271. The lowest BCUT2D eigenvalue weighted by Gasteiger charge is -2.34. The maximum Gasteiger partial charge on any atom is 0.328 e. The maximum absolute atomic E-state index is 14.2. The summed E-state index contributed by atoms with van der Waals surface area (Å²) >= 11 is 6.44. The molecule has 4 amide bonds. The van der Waals surface area contributed by atoms with Crippen LogP contribution in [-0.2, 0) is 32.6 Å². The molecule has 0 spiro atoms. The van der Waals surface area contributed by atoms with E-state index in [-0.39, 0.29) is 61.0 Å². The fourth-order valence-corrected chi connectivity index (χ4v) is 8.28. The van der Waals surface area contributed by atoms with Crippen LogP contribution in [-0.4, -0.2) is 95.2 Å². The predicted octanol–water partition coefficient (Wildman–Crippen LogP) is 4.31. The van der Waals surface area contributed by atoms with E-state index in [0.29, 0.717) is 22.6 Å². The highest BCUT2D eigenvalue weighted by Crippen LogP contribution is 2.38. The molecule has 0 saturated carbocycles. The van der Waals surface area contributed by atoms with Gasteiger partial charge in [0.1, 0.15) is 18.3 Å². The molecular weight excluding hydrogens is 712 g/mol. The number of carbonyl (C=O) groups is 3. The number of imide groups is 1. The number of nitrogens with one attached hydrogen (secondary N) is 1. The summed E-state index contributed by atoms with van der Waals surface area (Å²) in [4.78, 5) is 43.4. The molecule has 5 rings (SSSR count). The van der Waals surface area contributed by atoms with Crippen molar-refractivity contribution in [2.45, 2.75) is 70.7 Å². The Labute approximate surface area is 309 Å². The monoisotopic (exact) mass is 756 g/mol. The second-order valence-corrected chi connectivity index (χ2v) is 16.3. The molecule has 1 fully saturated rings. The Morgan fingerprint density at radius 2 is 1.67 bits per heavy atom. The molecule has 2 aliphatic rings. The second kappa shape index (κ2) is 16.1. The molecule has 0 aliphatic carbocycles. The lowest BCUT2D eigenvalue weighted by molar-refractivity contribution is -0.129. The molecule has 0 unspecified atom stereocenters. The van der Waals surface area contributed by atoms with Crippen molar-refractivity contribution in [1.29, 1.82) is 0 Å². The number of nitrogens with zero attached hydrogens (tertiary/aromatic N) is 3. The molecule has 3 aromatic carbocycles. The standard InChI is InChI=1S/C37H45ClN4O9S/c1-22(2)17-40(52(48,49)27-11-12-30(43)24(5)13-27)19-31(44)29(14-25-9-7-6-8-10-25)39-36(46)35(23(3)4)42-20-34(45)41(37(42)47)18-26-15-32-33(16-28(26)38)51-21-50-32/h6-13,15-16,22-23,29,31,35,43-44H,14,17-21H2,1-5H3,(H,39,46)/t29-,31+,35-/m0/s1. The van der Waals surface area contributed by atoms with E-state index in [1.54, 1.807) is 32.9 Å². The summed E-state index contributed by atoms with van der Waals surface area (Å²) in [5.41, 5.74) is 1.63. The van der Waals surface area contributed by atoms with Crippen LogP contribution in [0.4, 0.5) is 4.79 Å². The van der Waals surface area contributed by atoms with Crippen molar-refractivity contribution >= 4 is 39.5 Å². The highest BCUT2D eigenvalue weighted by Gasteiger charge is 2.44. The van der Waals surface area contributed by atoms with Gasteiger partial charge < -0.3 is 29.9 Å². The molecule has 0 aromatic heterocycles. The number of aliphatic hydroxyl groups is 1. The Kier molecular flexibility index (Phi) is 12.0. The van der Waals surface area contributed by atoms with Crippen LogP contribution < -0.4 is 14.8 Å². The number of amides is 4. The first-order valence-electron chi connectivity index (χ1n) is 17.1. The summed E-state index contributed by atoms with van der Waals surface area (Å²) in [6, 6.07) is 13.5. The first-order valence-corrected chi connectivity index (χ1v) is 18.9. The average Bonchev–Trinajstić information content (AvgIpc) is 3.64. The van der Waals surface area contributed by atoms with Crippen molar-refractivity contribution in [3.63, 3.8) is 0 Å². The largest absolute Gasteiger partial charge is 0.508 e. The molecule has 3 aromatic rings. The number of phenols is 1. The molecule has 15 heteroatoms. The summed E-state index contributed by atoms with van der Waals surface area (Å²) in [6.45, 7) is 8.05. The van der Waals surface area contributed by atoms with E-state index in [1.165, 1.54) is 27.4 Å². The topological polar surface area (TPSA) is 166 Å². The van der Waals surface area contributed by atoms with Gasteiger partial charge in [0, 0.05) is 24.2 Å². The number of phenolic OH excluding ortho intramolecular Hbond substituents is 1. The number of aliphatic hydroxyl groups excluding tert-OH is 1. The fraction of sp³-hybridized carbons (Fsp3) is 0.432. The Bertz CT molecular complexity index is 1910. The summed E-state index contributed by atoms with van der Waals surface area (Å²) in [5, 5.41) is 25.0. The Hall–Kier alpha value is -4.37. The van der Waals surface area contributed by atoms with E-state index in [9.17, 15) is 33.0 Å². The van der Waals surface area contributed by atoms with Crippen molar-refractivity contribution in [2.24, 2.45) is 11.8 Å². The first kappa shape index (κ1) is 38.9. The SMILES string of the molecule is Cc1cc(S(=O)(=O)N(CC(C)C)C[C@@H](O)[C@H](Cc2ccccc2)NC(=O)[C@H](C(C)C)N2CC(=O)N(Cc3cc4c(cc3Cl)OCO4)C2=O)ccc1O. The van der Waals surface area contributed by atoms with Crippen molar-refractivity contribution < 1.29 is 42.5 Å². The van der Waals surface area contributed by atoms with Gasteiger partial charge in [-0.15, -0.1) is 0 Å². The zero-order chi connectivity index (χ0) is 37.9. The Morgan fingerprint density at radius 1 is 1.00 bits per heavy atom. The van der Waals surface area contributed by atoms with Gasteiger partial charge in [-0.1, -0.05) is 69.6 Å². The Morgan fingerprint density at radius 3 is 2.31 bits per heavy atom. The first-order chi connectivity index (χ1) is 24.6. The number of ether oxygens (including phenoxy) is 2. The third-order valence-electron chi connectivity index (χ3n) is 9.05. The highest BCUT2D eigenvalue weighted by atomic mass is 35.5. The number of aromatic hydroxyl groups is 1. The van der Waals surface area contributed by atoms with Crippen LogP contribution in [0.15, 0.2) is 65.6 Å². The molecular formula is C37H45ClN4O9S. The fourth-order valence-electron chi connectivity index (χ4n) is 6.36. The van der Waals surface area contributed by atoms with Gasteiger partial charge in [0.2, 0.25) is 22.7 Å². The average molecular weight is 757 g/mol. The minimum atomic E-state index is -4.13. The number of sulfonamides is 1. The smallest absolute Gasteiger partial charge is 0.328 e. The molecule has 3 N–H and O–H groups in total. The van der Waals surface area contributed by atoms with E-state index in [0.717, 1.165) is 10.5 Å². The van der Waals surface area contributed by atoms with Gasteiger partial charge in [0.15, 0.2) is 11.5 Å². The summed E-state index contributed by atoms with van der Waals surface area (Å²) in [5.74, 6) is -0.825. The number of fused-ring (bicyclic) bond motifs is 1. The van der Waals surface area contributed by atoms with E-state index in [1.807, 2.05) is 44.2 Å². The van der Waals surface area contributed by atoms with E-state index in [4.69, 9.17) is 21.1 Å². The quantitative estimate of drug-likeness (QED) is 0.192. The van der Waals surface area contributed by atoms with E-state index in [2.05, 4.69) is 5.32 Å². The van der Waals surface area contributed by atoms with Crippen molar-refractivity contribution in [1.82, 2.24) is 19.4 Å². The van der Waals surface area contributed by atoms with Gasteiger partial charge in [0.25, 0.3) is 5.91 Å². The number of hydrogen-bond donors (Lipinski definition) is 3. The van der Waals surface area contributed by atoms with Crippen LogP contribution >= 0.6 is 11.6 Å². The van der Waals surface area contributed by atoms with Gasteiger partial charge in [-0.25, -0.2) is 13.2 Å². The molecule has 3 atom stereocenters. The molecule has 2 heterocycles. The highest BCUT2D eigenvalue weighted by molar-refractivity contribution is 7.89. The predicted molar refractivity (Wildman–Crippen MR) is 193 cm³/mol. The van der Waals surface area contributed by atoms with Gasteiger partial charge in [0.05, 0.1) is 23.6 Å². The van der Waals surface area contributed by atoms with Crippen molar-refractivity contribution in [3.8, 4) is 17.2 Å². The molecule has 1 saturated heterocycles. The van der Waals surface area contributed by atoms with Gasteiger partial charge in [-0.3, -0.25) is 14.5 Å². The van der Waals surface area contributed by atoms with Crippen molar-refractivity contribution in [3.05, 3.63) is 82.4 Å². The van der Waals surface area contributed by atoms with Crippen LogP contribution in [0.1, 0.15) is 44.4 Å². The number of aryl methyl sites for hydroxylation is 1. The van der Waals surface area contributed by atoms with Crippen LogP contribution in [0.3, 0.4) is 0 Å². The lowest BCUT2D eigenvalue weighted by atomic mass is 9.97. The van der Waals surface area contributed by atoms with E-state index < -0.39 is 52.0 Å². The van der Waals surface area contributed by atoms with Crippen molar-refractivity contribution in [2.75, 3.05) is 26.4 Å². The molecule has 52 heavy (non-hydrogen) atoms. The molecule has 0 radical (unpaired) electrons.